The maximum atomic E-state index is 15.1. The number of pyridine rings is 1. The van der Waals surface area contributed by atoms with E-state index >= 15 is 4.39 Å². The Kier molecular flexibility index (Phi) is 6.24. The van der Waals surface area contributed by atoms with Crippen LogP contribution >= 0.6 is 0 Å². The molecule has 0 saturated heterocycles. The molecule has 2 N–H and O–H groups in total. The van der Waals surface area contributed by atoms with Crippen molar-refractivity contribution in [3.63, 3.8) is 0 Å². The van der Waals surface area contributed by atoms with Gasteiger partial charge in [0.1, 0.15) is 11.6 Å². The number of aromatic amines is 1. The molecule has 4 rings (SSSR count). The lowest BCUT2D eigenvalue weighted by atomic mass is 10.0. The van der Waals surface area contributed by atoms with Crippen molar-refractivity contribution in [3.05, 3.63) is 53.7 Å². The van der Waals surface area contributed by atoms with Crippen LogP contribution in [0.25, 0.3) is 11.1 Å². The summed E-state index contributed by atoms with van der Waals surface area (Å²) in [5, 5.41) is 14.5. The number of ether oxygens (including phenoxy) is 1. The molecule has 0 aliphatic rings. The van der Waals surface area contributed by atoms with Gasteiger partial charge in [-0.25, -0.2) is 17.8 Å². The van der Waals surface area contributed by atoms with Crippen molar-refractivity contribution in [2.45, 2.75) is 18.7 Å². The van der Waals surface area contributed by atoms with Gasteiger partial charge in [-0.05, 0) is 32.0 Å². The van der Waals surface area contributed by atoms with E-state index in [1.54, 1.807) is 29.9 Å². The highest BCUT2D eigenvalue weighted by molar-refractivity contribution is 7.90. The molecule has 0 spiro atoms. The quantitative estimate of drug-likeness (QED) is 0.393. The summed E-state index contributed by atoms with van der Waals surface area (Å²) in [7, 11) is 1.47. The lowest BCUT2D eigenvalue weighted by molar-refractivity contribution is 0.416. The van der Waals surface area contributed by atoms with Crippen molar-refractivity contribution in [1.82, 2.24) is 25.0 Å². The summed E-state index contributed by atoms with van der Waals surface area (Å²) in [5.41, 5.74) is 3.24. The largest absolute Gasteiger partial charge is 0.492 e. The predicted octanol–water partition coefficient (Wildman–Crippen LogP) is 3.88. The summed E-state index contributed by atoms with van der Waals surface area (Å²) >= 11 is 0. The molecule has 0 unspecified atom stereocenters. The first-order valence-electron chi connectivity index (χ1n) is 10.6. The van der Waals surface area contributed by atoms with Crippen LogP contribution in [-0.2, 0) is 16.9 Å². The summed E-state index contributed by atoms with van der Waals surface area (Å²) in [4.78, 5) is 6.22. The normalized spacial score (nSPS) is 11.5. The molecule has 184 valence electrons. The Morgan fingerprint density at radius 2 is 1.97 bits per heavy atom. The fourth-order valence-corrected chi connectivity index (χ4v) is 4.49. The Morgan fingerprint density at radius 1 is 1.23 bits per heavy atom. The van der Waals surface area contributed by atoms with Crippen LogP contribution in [0.5, 0.6) is 5.75 Å². The second-order valence-electron chi connectivity index (χ2n) is 8.23. The highest BCUT2D eigenvalue weighted by Gasteiger charge is 2.25. The van der Waals surface area contributed by atoms with Crippen molar-refractivity contribution in [2.24, 2.45) is 7.05 Å². The smallest absolute Gasteiger partial charge is 0.177 e. The van der Waals surface area contributed by atoms with Crippen LogP contribution < -0.4 is 15.0 Å². The first-order valence-corrected chi connectivity index (χ1v) is 12.5. The van der Waals surface area contributed by atoms with Gasteiger partial charge in [0.2, 0.25) is 0 Å². The zero-order chi connectivity index (χ0) is 25.5. The molecule has 3 aromatic heterocycles. The Hall–Kier alpha value is -3.93. The van der Waals surface area contributed by atoms with Gasteiger partial charge in [-0.2, -0.15) is 10.2 Å². The number of nitrogens with one attached hydrogen (secondary N) is 2. The Labute approximate surface area is 202 Å². The van der Waals surface area contributed by atoms with Crippen LogP contribution in [0.3, 0.4) is 0 Å². The minimum Gasteiger partial charge on any atom is -0.492 e. The van der Waals surface area contributed by atoms with Crippen molar-refractivity contribution < 1.29 is 17.5 Å². The van der Waals surface area contributed by atoms with Gasteiger partial charge < -0.3 is 15.0 Å². The van der Waals surface area contributed by atoms with E-state index in [1.807, 2.05) is 33.2 Å². The van der Waals surface area contributed by atoms with Crippen molar-refractivity contribution >= 4 is 33.0 Å². The predicted molar refractivity (Wildman–Crippen MR) is 132 cm³/mol. The molecule has 0 aliphatic carbocycles. The molecule has 0 saturated carbocycles. The van der Waals surface area contributed by atoms with Crippen LogP contribution in [0.2, 0.25) is 0 Å². The van der Waals surface area contributed by atoms with Crippen molar-refractivity contribution in [1.29, 1.82) is 0 Å². The molecule has 4 aromatic rings. The number of aromatic nitrogens is 5. The van der Waals surface area contributed by atoms with E-state index in [9.17, 15) is 8.42 Å². The number of aryl methyl sites for hydroxylation is 2. The molecular weight excluding hydrogens is 473 g/mol. The molecule has 3 heterocycles. The Balaban J connectivity index is 1.91. The van der Waals surface area contributed by atoms with Crippen LogP contribution in [-0.4, -0.2) is 53.8 Å². The lowest BCUT2D eigenvalue weighted by Crippen LogP contribution is -2.16. The van der Waals surface area contributed by atoms with E-state index in [2.05, 4.69) is 20.6 Å². The standard InChI is InChI=1S/C23H26FN7O3S/c1-13-9-19(29-28-13)26-22-21(34-5)20(15-11-25-30(3)12-15)14(2)23(27-22)31(4)18-8-7-16(10-17(18)24)35(6,32)33/h7-12H,1-6H3,(H2,26,27,28,29). The second kappa shape index (κ2) is 9.02. The van der Waals surface area contributed by atoms with Gasteiger partial charge in [0.15, 0.2) is 27.2 Å². The minimum atomic E-state index is -3.55. The summed E-state index contributed by atoms with van der Waals surface area (Å²) in [5.74, 6) is 1.13. The highest BCUT2D eigenvalue weighted by Crippen LogP contribution is 2.43. The van der Waals surface area contributed by atoms with E-state index in [0.717, 1.165) is 29.1 Å². The third-order valence-corrected chi connectivity index (χ3v) is 6.66. The number of halogens is 1. The first kappa shape index (κ1) is 24.2. The molecule has 1 aromatic carbocycles. The third kappa shape index (κ3) is 4.69. The highest BCUT2D eigenvalue weighted by atomic mass is 32.2. The number of anilines is 4. The molecular formula is C23H26FN7O3S. The molecule has 10 nitrogen and oxygen atoms in total. The Morgan fingerprint density at radius 3 is 2.51 bits per heavy atom. The molecule has 0 radical (unpaired) electrons. The van der Waals surface area contributed by atoms with Gasteiger partial charge in [0.05, 0.1) is 23.9 Å². The number of nitrogens with zero attached hydrogens (tertiary/aromatic N) is 5. The maximum absolute atomic E-state index is 15.1. The number of H-pyrrole nitrogens is 1. The number of sulfone groups is 1. The average molecular weight is 500 g/mol. The monoisotopic (exact) mass is 499 g/mol. The fraction of sp³-hybridized carbons (Fsp3) is 0.261. The Bertz CT molecular complexity index is 1510. The molecule has 35 heavy (non-hydrogen) atoms. The SMILES string of the molecule is COc1c(Nc2cc(C)[nH]n2)nc(N(C)c2ccc(S(C)(=O)=O)cc2F)c(C)c1-c1cnn(C)c1. The molecule has 0 fully saturated rings. The van der Waals surface area contributed by atoms with Gasteiger partial charge in [-0.1, -0.05) is 0 Å². The van der Waals surface area contributed by atoms with Gasteiger partial charge in [-0.15, -0.1) is 0 Å². The number of rotatable bonds is 7. The van der Waals surface area contributed by atoms with Crippen molar-refractivity contribution in [2.75, 3.05) is 30.6 Å². The zero-order valence-corrected chi connectivity index (χ0v) is 21.0. The summed E-state index contributed by atoms with van der Waals surface area (Å²) in [6.45, 7) is 3.73. The lowest BCUT2D eigenvalue weighted by Gasteiger charge is -2.25. The molecule has 0 amide bonds. The molecule has 0 aliphatic heterocycles. The first-order chi connectivity index (χ1) is 16.5. The van der Waals surface area contributed by atoms with Crippen LogP contribution in [0.1, 0.15) is 11.3 Å². The van der Waals surface area contributed by atoms with Gasteiger partial charge >= 0.3 is 0 Å². The van der Waals surface area contributed by atoms with Gasteiger partial charge in [-0.3, -0.25) is 9.78 Å². The molecule has 0 bridgehead atoms. The summed E-state index contributed by atoms with van der Waals surface area (Å²) in [6, 6.07) is 5.62. The maximum Gasteiger partial charge on any atom is 0.177 e. The molecule has 0 atom stereocenters. The van der Waals surface area contributed by atoms with E-state index in [1.165, 1.54) is 12.1 Å². The second-order valence-corrected chi connectivity index (χ2v) is 10.2. The zero-order valence-electron chi connectivity index (χ0n) is 20.2. The number of hydrogen-bond donors (Lipinski definition) is 2. The fourth-order valence-electron chi connectivity index (χ4n) is 3.86. The minimum absolute atomic E-state index is 0.0983. The number of benzene rings is 1. The summed E-state index contributed by atoms with van der Waals surface area (Å²) in [6.07, 6.45) is 4.59. The van der Waals surface area contributed by atoms with Crippen LogP contribution in [0.15, 0.2) is 41.6 Å². The van der Waals surface area contributed by atoms with Crippen molar-refractivity contribution in [3.8, 4) is 16.9 Å². The van der Waals surface area contributed by atoms with Gasteiger partial charge in [0.25, 0.3) is 0 Å². The average Bonchev–Trinajstić information content (AvgIpc) is 3.40. The van der Waals surface area contributed by atoms with Crippen LogP contribution in [0, 0.1) is 19.7 Å². The molecule has 12 heteroatoms. The third-order valence-electron chi connectivity index (χ3n) is 5.55. The van der Waals surface area contributed by atoms with E-state index in [4.69, 9.17) is 9.72 Å². The summed E-state index contributed by atoms with van der Waals surface area (Å²) < 4.78 is 46.2. The number of methoxy groups -OCH3 is 1. The van der Waals surface area contributed by atoms with Gasteiger partial charge in [0, 0.05) is 55.0 Å². The van der Waals surface area contributed by atoms with E-state index < -0.39 is 15.7 Å². The van der Waals surface area contributed by atoms with E-state index in [0.29, 0.717) is 28.8 Å². The number of hydrogen-bond acceptors (Lipinski definition) is 8. The topological polar surface area (TPSA) is 118 Å². The van der Waals surface area contributed by atoms with E-state index in [-0.39, 0.29) is 10.6 Å². The van der Waals surface area contributed by atoms with Crippen LogP contribution in [0.4, 0.5) is 27.5 Å².